The van der Waals surface area contributed by atoms with E-state index in [2.05, 4.69) is 0 Å². The molecule has 0 saturated heterocycles. The Balaban J connectivity index is 0.00000400. The normalized spacial score (nSPS) is 12.4. The molecule has 4 nitrogen and oxygen atoms in total. The summed E-state index contributed by atoms with van der Waals surface area (Å²) in [5.74, 6) is 0. The topological polar surface area (TPSA) is 63.4 Å². The fourth-order valence-electron chi connectivity index (χ4n) is 1.68. The molecule has 1 rings (SSSR count). The van der Waals surface area contributed by atoms with Crippen LogP contribution < -0.4 is 5.73 Å². The van der Waals surface area contributed by atoms with Crippen molar-refractivity contribution in [3.63, 3.8) is 0 Å². The first kappa shape index (κ1) is 21.2. The molecule has 0 aliphatic carbocycles. The molecule has 0 heterocycles. The van der Waals surface area contributed by atoms with Crippen molar-refractivity contribution >= 4 is 57.2 Å². The van der Waals surface area contributed by atoms with Gasteiger partial charge in [0.05, 0.1) is 10.0 Å². The van der Waals surface area contributed by atoms with E-state index in [9.17, 15) is 8.42 Å². The molecule has 0 atom stereocenters. The van der Waals surface area contributed by atoms with Crippen LogP contribution >= 0.6 is 47.2 Å². The molecule has 0 aliphatic heterocycles. The molecule has 21 heavy (non-hydrogen) atoms. The van der Waals surface area contributed by atoms with Crippen LogP contribution in [-0.2, 0) is 10.0 Å². The summed E-state index contributed by atoms with van der Waals surface area (Å²) in [6.45, 7) is 4.37. The number of nitrogens with two attached hydrogens (primary N) is 1. The number of halogens is 4. The van der Waals surface area contributed by atoms with Crippen LogP contribution in [0.2, 0.25) is 15.1 Å². The Bertz CT molecular complexity index is 582. The fraction of sp³-hybridized carbons (Fsp3) is 0.500. The third-order valence-corrected chi connectivity index (χ3v) is 5.78. The van der Waals surface area contributed by atoms with Crippen molar-refractivity contribution in [1.82, 2.24) is 4.31 Å². The van der Waals surface area contributed by atoms with Crippen LogP contribution in [0.3, 0.4) is 0 Å². The SMILES string of the molecule is CN(CC(C)(C)CN)S(=O)(=O)c1c(Cl)cc(Cl)cc1Cl.Cl. The average molecular weight is 396 g/mol. The van der Waals surface area contributed by atoms with E-state index in [0.29, 0.717) is 6.54 Å². The van der Waals surface area contributed by atoms with Gasteiger partial charge in [-0.3, -0.25) is 0 Å². The van der Waals surface area contributed by atoms with Crippen LogP contribution in [0.1, 0.15) is 13.8 Å². The number of rotatable bonds is 5. The molecule has 9 heteroatoms. The first-order valence-corrected chi connectivity index (χ1v) is 8.39. The molecule has 0 unspecified atom stereocenters. The third kappa shape index (κ3) is 5.13. The monoisotopic (exact) mass is 394 g/mol. The molecule has 0 amide bonds. The lowest BCUT2D eigenvalue weighted by Gasteiger charge is -2.28. The summed E-state index contributed by atoms with van der Waals surface area (Å²) >= 11 is 17.7. The van der Waals surface area contributed by atoms with Crippen LogP contribution in [0.5, 0.6) is 0 Å². The minimum atomic E-state index is -3.81. The fourth-order valence-corrected chi connectivity index (χ4v) is 4.53. The molecule has 0 aliphatic rings. The quantitative estimate of drug-likeness (QED) is 0.826. The second-order valence-electron chi connectivity index (χ2n) is 5.33. The summed E-state index contributed by atoms with van der Waals surface area (Å²) in [6.07, 6.45) is 0. The number of hydrogen-bond acceptors (Lipinski definition) is 3. The van der Waals surface area contributed by atoms with Crippen LogP contribution in [0.4, 0.5) is 0 Å². The Hall–Kier alpha value is 0.250. The minimum Gasteiger partial charge on any atom is -0.330 e. The van der Waals surface area contributed by atoms with Crippen molar-refractivity contribution in [3.05, 3.63) is 27.2 Å². The van der Waals surface area contributed by atoms with Crippen LogP contribution in [0.15, 0.2) is 17.0 Å². The molecule has 122 valence electrons. The van der Waals surface area contributed by atoms with E-state index >= 15 is 0 Å². The van der Waals surface area contributed by atoms with E-state index in [4.69, 9.17) is 40.5 Å². The molecular weight excluding hydrogens is 378 g/mol. The molecule has 0 spiro atoms. The summed E-state index contributed by atoms with van der Waals surface area (Å²) in [5.41, 5.74) is 5.27. The van der Waals surface area contributed by atoms with Gasteiger partial charge in [-0.05, 0) is 24.1 Å². The molecule has 1 aromatic carbocycles. The van der Waals surface area contributed by atoms with Gasteiger partial charge in [-0.2, -0.15) is 0 Å². The van der Waals surface area contributed by atoms with Gasteiger partial charge in [-0.15, -0.1) is 12.4 Å². The summed E-state index contributed by atoms with van der Waals surface area (Å²) in [7, 11) is -2.34. The maximum atomic E-state index is 12.6. The van der Waals surface area contributed by atoms with Gasteiger partial charge in [-0.25, -0.2) is 12.7 Å². The second kappa shape index (κ2) is 7.68. The van der Waals surface area contributed by atoms with Gasteiger partial charge < -0.3 is 5.73 Å². The number of nitrogens with zero attached hydrogens (tertiary/aromatic N) is 1. The van der Waals surface area contributed by atoms with Gasteiger partial charge in [-0.1, -0.05) is 48.7 Å². The predicted molar refractivity (Wildman–Crippen MR) is 91.4 cm³/mol. The highest BCUT2D eigenvalue weighted by Gasteiger charge is 2.30. The maximum absolute atomic E-state index is 12.6. The third-order valence-electron chi connectivity index (χ3n) is 2.83. The first-order valence-electron chi connectivity index (χ1n) is 5.82. The lowest BCUT2D eigenvalue weighted by atomic mass is 9.94. The Kier molecular flexibility index (Phi) is 7.78. The lowest BCUT2D eigenvalue weighted by Crippen LogP contribution is -2.39. The number of sulfonamides is 1. The van der Waals surface area contributed by atoms with Gasteiger partial charge in [0.15, 0.2) is 0 Å². The van der Waals surface area contributed by atoms with Crippen molar-refractivity contribution in [2.45, 2.75) is 18.7 Å². The van der Waals surface area contributed by atoms with E-state index in [-0.39, 0.29) is 44.3 Å². The van der Waals surface area contributed by atoms with Crippen molar-refractivity contribution in [1.29, 1.82) is 0 Å². The van der Waals surface area contributed by atoms with E-state index in [1.807, 2.05) is 13.8 Å². The van der Waals surface area contributed by atoms with Gasteiger partial charge >= 0.3 is 0 Å². The largest absolute Gasteiger partial charge is 0.330 e. The Morgan fingerprint density at radius 2 is 1.62 bits per heavy atom. The van der Waals surface area contributed by atoms with Gasteiger partial charge in [0.2, 0.25) is 10.0 Å². The Morgan fingerprint density at radius 3 is 2.00 bits per heavy atom. The zero-order valence-corrected chi connectivity index (χ0v) is 15.8. The molecule has 1 aromatic rings. The minimum absolute atomic E-state index is 0. The highest BCUT2D eigenvalue weighted by atomic mass is 35.5. The van der Waals surface area contributed by atoms with E-state index in [1.54, 1.807) is 0 Å². The molecule has 0 bridgehead atoms. The zero-order valence-electron chi connectivity index (χ0n) is 11.9. The summed E-state index contributed by atoms with van der Waals surface area (Å²) in [6, 6.07) is 2.70. The highest BCUT2D eigenvalue weighted by Crippen LogP contribution is 2.34. The smallest absolute Gasteiger partial charge is 0.245 e. The number of benzene rings is 1. The molecule has 0 aromatic heterocycles. The van der Waals surface area contributed by atoms with E-state index in [0.717, 1.165) is 0 Å². The van der Waals surface area contributed by atoms with Crippen LogP contribution in [0.25, 0.3) is 0 Å². The van der Waals surface area contributed by atoms with Crippen molar-refractivity contribution in [2.75, 3.05) is 20.1 Å². The van der Waals surface area contributed by atoms with Crippen molar-refractivity contribution in [3.8, 4) is 0 Å². The van der Waals surface area contributed by atoms with Crippen LogP contribution in [0, 0.1) is 5.41 Å². The van der Waals surface area contributed by atoms with E-state index < -0.39 is 10.0 Å². The summed E-state index contributed by atoms with van der Waals surface area (Å²) in [4.78, 5) is -0.138. The van der Waals surface area contributed by atoms with Crippen molar-refractivity contribution in [2.24, 2.45) is 11.1 Å². The van der Waals surface area contributed by atoms with Crippen LogP contribution in [-0.4, -0.2) is 32.9 Å². The Morgan fingerprint density at radius 1 is 1.19 bits per heavy atom. The highest BCUT2D eigenvalue weighted by molar-refractivity contribution is 7.89. The molecule has 0 radical (unpaired) electrons. The van der Waals surface area contributed by atoms with E-state index in [1.165, 1.54) is 23.5 Å². The molecular formula is C12H18Cl4N2O2S. The van der Waals surface area contributed by atoms with Gasteiger partial charge in [0.25, 0.3) is 0 Å². The lowest BCUT2D eigenvalue weighted by molar-refractivity contribution is 0.292. The van der Waals surface area contributed by atoms with Gasteiger partial charge in [0, 0.05) is 18.6 Å². The number of hydrogen-bond donors (Lipinski definition) is 1. The first-order chi connectivity index (χ1) is 9.01. The van der Waals surface area contributed by atoms with Crippen molar-refractivity contribution < 1.29 is 8.42 Å². The molecule has 0 fully saturated rings. The van der Waals surface area contributed by atoms with Gasteiger partial charge in [0.1, 0.15) is 4.90 Å². The standard InChI is InChI=1S/C12H17Cl3N2O2S.ClH/c1-12(2,6-16)7-17(3)20(18,19)11-9(14)4-8(13)5-10(11)15;/h4-5H,6-7,16H2,1-3H3;1H. The maximum Gasteiger partial charge on any atom is 0.245 e. The molecule has 2 N–H and O–H groups in total. The molecule has 0 saturated carbocycles. The average Bonchev–Trinajstić information content (AvgIpc) is 2.26. The summed E-state index contributed by atoms with van der Waals surface area (Å²) in [5, 5.41) is 0.281. The summed E-state index contributed by atoms with van der Waals surface area (Å²) < 4.78 is 26.3. The predicted octanol–water partition coefficient (Wildman–Crippen LogP) is 3.67. The zero-order chi connectivity index (χ0) is 15.7. The Labute approximate surface area is 147 Å². The second-order valence-corrected chi connectivity index (χ2v) is 8.56.